The van der Waals surface area contributed by atoms with Crippen molar-refractivity contribution >= 4 is 5.82 Å². The number of aryl methyl sites for hydroxylation is 1. The highest BCUT2D eigenvalue weighted by Gasteiger charge is 2.22. The Morgan fingerprint density at radius 1 is 1.17 bits per heavy atom. The van der Waals surface area contributed by atoms with Crippen LogP contribution in [0.4, 0.5) is 5.82 Å². The van der Waals surface area contributed by atoms with E-state index in [1.165, 1.54) is 0 Å². The van der Waals surface area contributed by atoms with E-state index in [0.717, 1.165) is 33.9 Å². The van der Waals surface area contributed by atoms with Gasteiger partial charge in [-0.05, 0) is 31.0 Å². The third-order valence-corrected chi connectivity index (χ3v) is 3.21. The van der Waals surface area contributed by atoms with Crippen LogP contribution in [0.5, 0.6) is 11.5 Å². The number of fused-ring (bicyclic) bond motifs is 1. The number of ether oxygens (including phenoxy) is 2. The number of hydrogen-bond acceptors (Lipinski definition) is 4. The fourth-order valence-corrected chi connectivity index (χ4v) is 2.14. The molecule has 0 unspecified atom stereocenters. The van der Waals surface area contributed by atoms with E-state index in [1.54, 1.807) is 6.07 Å². The van der Waals surface area contributed by atoms with Crippen LogP contribution >= 0.6 is 0 Å². The topological polar surface area (TPSA) is 73.2 Å². The Morgan fingerprint density at radius 3 is 2.56 bits per heavy atom. The summed E-state index contributed by atoms with van der Waals surface area (Å²) in [5.41, 5.74) is 9.70. The molecule has 2 aromatic rings. The van der Waals surface area contributed by atoms with Gasteiger partial charge in [0.05, 0.1) is 5.69 Å². The lowest BCUT2D eigenvalue weighted by Crippen LogP contribution is -2.17. The van der Waals surface area contributed by atoms with E-state index in [-0.39, 0.29) is 0 Å². The number of nitrogens with two attached hydrogens (primary N) is 1. The van der Waals surface area contributed by atoms with Crippen molar-refractivity contribution in [3.8, 4) is 22.8 Å². The summed E-state index contributed by atoms with van der Waals surface area (Å²) in [6, 6.07) is 3.86. The molecule has 0 bridgehead atoms. The number of anilines is 1. The predicted molar refractivity (Wildman–Crippen MR) is 68.9 cm³/mol. The number of rotatable bonds is 1. The molecule has 3 rings (SSSR count). The highest BCUT2D eigenvalue weighted by Crippen LogP contribution is 2.43. The molecule has 5 nitrogen and oxygen atoms in total. The Hall–Kier alpha value is -2.17. The van der Waals surface area contributed by atoms with E-state index in [0.29, 0.717) is 19.0 Å². The van der Waals surface area contributed by atoms with Crippen LogP contribution in [0.2, 0.25) is 0 Å². The molecule has 94 valence electrons. The number of hydrogen-bond donors (Lipinski definition) is 2. The molecule has 1 aromatic heterocycles. The average molecular weight is 245 g/mol. The van der Waals surface area contributed by atoms with Gasteiger partial charge in [-0.25, -0.2) is 0 Å². The van der Waals surface area contributed by atoms with Crippen LogP contribution in [-0.4, -0.2) is 23.4 Å². The Bertz CT molecular complexity index is 605. The Labute approximate surface area is 105 Å². The summed E-state index contributed by atoms with van der Waals surface area (Å²) in [6.45, 7) is 5.23. The van der Waals surface area contributed by atoms with Crippen molar-refractivity contribution < 1.29 is 9.47 Å². The zero-order valence-electron chi connectivity index (χ0n) is 10.4. The summed E-state index contributed by atoms with van der Waals surface area (Å²) in [5.74, 6) is 2.06. The molecule has 0 atom stereocenters. The summed E-state index contributed by atoms with van der Waals surface area (Å²) in [4.78, 5) is 0. The minimum absolute atomic E-state index is 0.466. The molecule has 1 aliphatic heterocycles. The molecule has 3 N–H and O–H groups in total. The smallest absolute Gasteiger partial charge is 0.171 e. The maximum Gasteiger partial charge on any atom is 0.171 e. The molecule has 0 amide bonds. The number of aromatic nitrogens is 2. The third-order valence-electron chi connectivity index (χ3n) is 3.21. The van der Waals surface area contributed by atoms with E-state index in [2.05, 4.69) is 23.2 Å². The van der Waals surface area contributed by atoms with Gasteiger partial charge in [0.25, 0.3) is 0 Å². The van der Waals surface area contributed by atoms with Gasteiger partial charge in [-0.1, -0.05) is 0 Å². The lowest BCUT2D eigenvalue weighted by Gasteiger charge is -2.23. The second-order valence-corrected chi connectivity index (χ2v) is 4.43. The summed E-state index contributed by atoms with van der Waals surface area (Å²) in [6.07, 6.45) is 0. The lowest BCUT2D eigenvalue weighted by molar-refractivity contribution is 0.171. The van der Waals surface area contributed by atoms with Gasteiger partial charge >= 0.3 is 0 Å². The van der Waals surface area contributed by atoms with Crippen molar-refractivity contribution in [3.63, 3.8) is 0 Å². The summed E-state index contributed by atoms with van der Waals surface area (Å²) in [7, 11) is 0. The van der Waals surface area contributed by atoms with Crippen LogP contribution in [0.25, 0.3) is 11.3 Å². The predicted octanol–water partition coefficient (Wildman–Crippen LogP) is 2.05. The van der Waals surface area contributed by atoms with Crippen molar-refractivity contribution in [3.05, 3.63) is 23.3 Å². The first-order valence-corrected chi connectivity index (χ1v) is 5.88. The van der Waals surface area contributed by atoms with Crippen LogP contribution in [0, 0.1) is 13.8 Å². The fraction of sp³-hybridized carbons (Fsp3) is 0.308. The number of H-pyrrole nitrogens is 1. The number of nitrogens with one attached hydrogen (secondary N) is 1. The van der Waals surface area contributed by atoms with Gasteiger partial charge in [-0.15, -0.1) is 0 Å². The van der Waals surface area contributed by atoms with Gasteiger partial charge in [0.1, 0.15) is 19.0 Å². The van der Waals surface area contributed by atoms with Gasteiger partial charge in [-0.2, -0.15) is 5.10 Å². The third kappa shape index (κ3) is 1.59. The highest BCUT2D eigenvalue weighted by atomic mass is 16.6. The maximum atomic E-state index is 5.74. The number of nitrogen functional groups attached to an aromatic ring is 1. The molecule has 0 radical (unpaired) electrons. The van der Waals surface area contributed by atoms with E-state index >= 15 is 0 Å². The number of benzene rings is 1. The van der Waals surface area contributed by atoms with Crippen LogP contribution in [-0.2, 0) is 0 Å². The molecule has 1 aromatic carbocycles. The summed E-state index contributed by atoms with van der Waals surface area (Å²) < 4.78 is 11.5. The second-order valence-electron chi connectivity index (χ2n) is 4.43. The Kier molecular flexibility index (Phi) is 2.40. The van der Waals surface area contributed by atoms with Crippen LogP contribution in [0.3, 0.4) is 0 Å². The van der Waals surface area contributed by atoms with Gasteiger partial charge in [0.15, 0.2) is 11.5 Å². The van der Waals surface area contributed by atoms with E-state index in [9.17, 15) is 0 Å². The zero-order chi connectivity index (χ0) is 12.7. The number of aromatic amines is 1. The van der Waals surface area contributed by atoms with Gasteiger partial charge < -0.3 is 15.2 Å². The summed E-state index contributed by atoms with van der Waals surface area (Å²) in [5, 5.41) is 6.86. The Morgan fingerprint density at radius 2 is 1.89 bits per heavy atom. The minimum Gasteiger partial charge on any atom is -0.486 e. The van der Waals surface area contributed by atoms with Gasteiger partial charge in [0, 0.05) is 11.6 Å². The number of nitrogens with zero attached hydrogens (tertiary/aromatic N) is 1. The average Bonchev–Trinajstić information content (AvgIpc) is 2.80. The first kappa shape index (κ1) is 11.0. The zero-order valence-corrected chi connectivity index (χ0v) is 10.4. The second kappa shape index (κ2) is 3.94. The standard InChI is InChI=1S/C13H15N3O2/c1-7-5-9(10-6-11(14)16-15-10)13-12(8(7)2)17-3-4-18-13/h5-6H,3-4H2,1-2H3,(H3,14,15,16). The molecule has 5 heteroatoms. The molecule has 18 heavy (non-hydrogen) atoms. The first-order chi connectivity index (χ1) is 8.66. The molecule has 2 heterocycles. The fourth-order valence-electron chi connectivity index (χ4n) is 2.14. The first-order valence-electron chi connectivity index (χ1n) is 5.88. The van der Waals surface area contributed by atoms with Crippen molar-refractivity contribution in [2.45, 2.75) is 13.8 Å². The molecule has 0 aliphatic carbocycles. The largest absolute Gasteiger partial charge is 0.486 e. The monoisotopic (exact) mass is 245 g/mol. The lowest BCUT2D eigenvalue weighted by atomic mass is 10.0. The van der Waals surface area contributed by atoms with E-state index in [1.807, 2.05) is 6.92 Å². The molecular weight excluding hydrogens is 230 g/mol. The van der Waals surface area contributed by atoms with Crippen LogP contribution in [0.1, 0.15) is 11.1 Å². The van der Waals surface area contributed by atoms with Gasteiger partial charge in [0.2, 0.25) is 0 Å². The highest BCUT2D eigenvalue weighted by molar-refractivity contribution is 5.75. The van der Waals surface area contributed by atoms with E-state index < -0.39 is 0 Å². The minimum atomic E-state index is 0.466. The molecular formula is C13H15N3O2. The molecule has 0 saturated carbocycles. The van der Waals surface area contributed by atoms with E-state index in [4.69, 9.17) is 15.2 Å². The summed E-state index contributed by atoms with van der Waals surface area (Å²) >= 11 is 0. The molecule has 1 aliphatic rings. The van der Waals surface area contributed by atoms with Gasteiger partial charge in [-0.3, -0.25) is 5.10 Å². The van der Waals surface area contributed by atoms with Crippen molar-refractivity contribution in [2.75, 3.05) is 18.9 Å². The SMILES string of the molecule is Cc1cc(-c2cc(N)n[nH]2)c2c(c1C)OCCO2. The molecule has 0 fully saturated rings. The molecule has 0 spiro atoms. The molecule has 0 saturated heterocycles. The van der Waals surface area contributed by atoms with Crippen molar-refractivity contribution in [1.82, 2.24) is 10.2 Å². The Balaban J connectivity index is 2.23. The van der Waals surface area contributed by atoms with Crippen molar-refractivity contribution in [2.24, 2.45) is 0 Å². The maximum absolute atomic E-state index is 5.74. The normalized spacial score (nSPS) is 13.7. The van der Waals surface area contributed by atoms with Crippen LogP contribution < -0.4 is 15.2 Å². The van der Waals surface area contributed by atoms with Crippen molar-refractivity contribution in [1.29, 1.82) is 0 Å². The quantitative estimate of drug-likeness (QED) is 0.806. The van der Waals surface area contributed by atoms with Crippen LogP contribution in [0.15, 0.2) is 12.1 Å².